The minimum atomic E-state index is -0.818. The van der Waals surface area contributed by atoms with Gasteiger partial charge in [0.05, 0.1) is 6.10 Å². The lowest BCUT2D eigenvalue weighted by atomic mass is 9.95. The predicted octanol–water partition coefficient (Wildman–Crippen LogP) is 4.09. The molecule has 1 aromatic carbocycles. The van der Waals surface area contributed by atoms with E-state index in [2.05, 4.69) is 5.32 Å². The summed E-state index contributed by atoms with van der Waals surface area (Å²) in [4.78, 5) is 30.1. The van der Waals surface area contributed by atoms with Crippen LogP contribution in [0.15, 0.2) is 41.8 Å². The molecule has 0 spiro atoms. The Morgan fingerprint density at radius 1 is 1.03 bits per heavy atom. The van der Waals surface area contributed by atoms with Crippen molar-refractivity contribution >= 4 is 23.2 Å². The second-order valence-electron chi connectivity index (χ2n) is 9.25. The van der Waals surface area contributed by atoms with Crippen LogP contribution in [0.5, 0.6) is 11.5 Å². The van der Waals surface area contributed by atoms with E-state index in [4.69, 9.17) is 14.2 Å². The number of hydrogen-bond donors (Lipinski definition) is 1. The summed E-state index contributed by atoms with van der Waals surface area (Å²) >= 11 is 1.49. The Bertz CT molecular complexity index is 969. The first-order chi connectivity index (χ1) is 16.7. The van der Waals surface area contributed by atoms with Crippen molar-refractivity contribution in [2.24, 2.45) is 0 Å². The molecule has 1 saturated carbocycles. The first-order valence-corrected chi connectivity index (χ1v) is 13.2. The van der Waals surface area contributed by atoms with Gasteiger partial charge in [-0.1, -0.05) is 37.5 Å². The average Bonchev–Trinajstić information content (AvgIpc) is 3.58. The van der Waals surface area contributed by atoms with E-state index < -0.39 is 12.1 Å². The molecule has 5 rings (SSSR count). The molecule has 2 aliphatic heterocycles. The number of ether oxygens (including phenoxy) is 3. The number of nitrogens with one attached hydrogen (secondary N) is 1. The first kappa shape index (κ1) is 23.2. The molecule has 2 aromatic rings. The molecule has 3 aliphatic rings. The molecular formula is C26H32N2O5S. The van der Waals surface area contributed by atoms with Crippen LogP contribution in [0.1, 0.15) is 55.9 Å². The number of benzene rings is 1. The van der Waals surface area contributed by atoms with Crippen LogP contribution >= 0.6 is 11.3 Å². The summed E-state index contributed by atoms with van der Waals surface area (Å²) in [5, 5.41) is 5.19. The number of amides is 2. The molecule has 3 heterocycles. The predicted molar refractivity (Wildman–Crippen MR) is 129 cm³/mol. The maximum atomic E-state index is 13.9. The minimum absolute atomic E-state index is 0.0920. The third kappa shape index (κ3) is 5.23. The monoisotopic (exact) mass is 484 g/mol. The Balaban J connectivity index is 1.41. The molecule has 1 N–H and O–H groups in total. The van der Waals surface area contributed by atoms with E-state index in [-0.39, 0.29) is 30.6 Å². The normalized spacial score (nSPS) is 23.3. The summed E-state index contributed by atoms with van der Waals surface area (Å²) < 4.78 is 17.8. The van der Waals surface area contributed by atoms with Gasteiger partial charge in [0.2, 0.25) is 12.0 Å². The van der Waals surface area contributed by atoms with Crippen LogP contribution in [0.3, 0.4) is 0 Å². The van der Waals surface area contributed by atoms with E-state index >= 15 is 0 Å². The average molecular weight is 485 g/mol. The van der Waals surface area contributed by atoms with Gasteiger partial charge >= 0.3 is 0 Å². The standard InChI is InChI=1S/C26H32N2O5S/c29-25(27-18-8-2-1-3-9-18)24(23-13-7-15-34-23)28(16-19-10-6-14-31-19)26(30)22-17-32-20-11-4-5-12-21(20)33-22/h4-5,7,11-13,15,18-19,22,24H,1-3,6,8-10,14,16-17H2,(H,27,29)/t19-,22-,24-/m0/s1. The Labute approximate surface area is 204 Å². The van der Waals surface area contributed by atoms with Gasteiger partial charge in [0.25, 0.3) is 5.91 Å². The number of carbonyl (C=O) groups is 2. The Hall–Kier alpha value is -2.58. The van der Waals surface area contributed by atoms with Crippen molar-refractivity contribution in [3.05, 3.63) is 46.7 Å². The van der Waals surface area contributed by atoms with Gasteiger partial charge in [-0.2, -0.15) is 0 Å². The van der Waals surface area contributed by atoms with E-state index in [1.54, 1.807) is 11.0 Å². The zero-order valence-corrected chi connectivity index (χ0v) is 20.1. The van der Waals surface area contributed by atoms with Crippen LogP contribution in [0.4, 0.5) is 0 Å². The summed E-state index contributed by atoms with van der Waals surface area (Å²) in [5.41, 5.74) is 0. The largest absolute Gasteiger partial charge is 0.485 e. The van der Waals surface area contributed by atoms with E-state index in [0.29, 0.717) is 24.7 Å². The quantitative estimate of drug-likeness (QED) is 0.641. The van der Waals surface area contributed by atoms with Crippen LogP contribution in [0, 0.1) is 0 Å². The van der Waals surface area contributed by atoms with Crippen molar-refractivity contribution in [2.75, 3.05) is 19.8 Å². The van der Waals surface area contributed by atoms with Gasteiger partial charge in [0.1, 0.15) is 12.6 Å². The third-order valence-corrected chi connectivity index (χ3v) is 7.74. The van der Waals surface area contributed by atoms with Gasteiger partial charge < -0.3 is 24.4 Å². The van der Waals surface area contributed by atoms with E-state index in [0.717, 1.165) is 43.4 Å². The third-order valence-electron chi connectivity index (χ3n) is 6.82. The zero-order valence-electron chi connectivity index (χ0n) is 19.3. The minimum Gasteiger partial charge on any atom is -0.485 e. The molecule has 1 aromatic heterocycles. The van der Waals surface area contributed by atoms with Gasteiger partial charge in [-0.25, -0.2) is 0 Å². The van der Waals surface area contributed by atoms with Crippen molar-refractivity contribution in [1.82, 2.24) is 10.2 Å². The van der Waals surface area contributed by atoms with E-state index in [9.17, 15) is 9.59 Å². The van der Waals surface area contributed by atoms with Gasteiger partial charge in [0, 0.05) is 24.1 Å². The molecule has 34 heavy (non-hydrogen) atoms. The lowest BCUT2D eigenvalue weighted by Crippen LogP contribution is -2.54. The molecular weight excluding hydrogens is 452 g/mol. The fourth-order valence-corrected chi connectivity index (χ4v) is 5.89. The number of fused-ring (bicyclic) bond motifs is 1. The maximum absolute atomic E-state index is 13.9. The van der Waals surface area contributed by atoms with Gasteiger partial charge in [-0.05, 0) is 49.3 Å². The number of hydrogen-bond acceptors (Lipinski definition) is 6. The Morgan fingerprint density at radius 2 is 1.85 bits per heavy atom. The summed E-state index contributed by atoms with van der Waals surface area (Å²) in [5.74, 6) is 0.797. The Morgan fingerprint density at radius 3 is 2.59 bits per heavy atom. The van der Waals surface area contributed by atoms with Crippen LogP contribution < -0.4 is 14.8 Å². The van der Waals surface area contributed by atoms with E-state index in [1.165, 1.54) is 17.8 Å². The van der Waals surface area contributed by atoms with Gasteiger partial charge in [0.15, 0.2) is 11.5 Å². The molecule has 0 radical (unpaired) electrons. The van der Waals surface area contributed by atoms with Crippen molar-refractivity contribution in [2.45, 2.75) is 69.2 Å². The molecule has 2 fully saturated rings. The lowest BCUT2D eigenvalue weighted by molar-refractivity contribution is -0.150. The second-order valence-corrected chi connectivity index (χ2v) is 10.2. The number of thiophene rings is 1. The number of nitrogens with zero attached hydrogens (tertiary/aromatic N) is 1. The van der Waals surface area contributed by atoms with Crippen LogP contribution in [0.2, 0.25) is 0 Å². The second kappa shape index (κ2) is 10.8. The Kier molecular flexibility index (Phi) is 7.35. The maximum Gasteiger partial charge on any atom is 0.268 e. The van der Waals surface area contributed by atoms with Crippen molar-refractivity contribution in [3.8, 4) is 11.5 Å². The molecule has 0 bridgehead atoms. The topological polar surface area (TPSA) is 77.1 Å². The van der Waals surface area contributed by atoms with Crippen molar-refractivity contribution in [3.63, 3.8) is 0 Å². The number of carbonyl (C=O) groups excluding carboxylic acids is 2. The fraction of sp³-hybridized carbons (Fsp3) is 0.538. The van der Waals surface area contributed by atoms with Crippen LogP contribution in [-0.4, -0.2) is 54.7 Å². The smallest absolute Gasteiger partial charge is 0.268 e. The highest BCUT2D eigenvalue weighted by Crippen LogP contribution is 2.34. The molecule has 182 valence electrons. The molecule has 8 heteroatoms. The SMILES string of the molecule is O=C(NC1CCCCC1)[C@H](c1cccs1)N(C[C@@H]1CCCO1)C(=O)[C@@H]1COc2ccccc2O1. The summed E-state index contributed by atoms with van der Waals surface area (Å²) in [7, 11) is 0. The summed E-state index contributed by atoms with van der Waals surface area (Å²) in [6.45, 7) is 1.14. The highest BCUT2D eigenvalue weighted by Gasteiger charge is 2.40. The highest BCUT2D eigenvalue weighted by molar-refractivity contribution is 7.10. The van der Waals surface area contributed by atoms with Crippen molar-refractivity contribution < 1.29 is 23.8 Å². The molecule has 1 aliphatic carbocycles. The number of para-hydroxylation sites is 2. The van der Waals surface area contributed by atoms with Gasteiger partial charge in [-0.15, -0.1) is 11.3 Å². The molecule has 0 unspecified atom stereocenters. The van der Waals surface area contributed by atoms with Crippen molar-refractivity contribution in [1.29, 1.82) is 0 Å². The molecule has 2 amide bonds. The van der Waals surface area contributed by atoms with E-state index in [1.807, 2.05) is 35.7 Å². The van der Waals surface area contributed by atoms with Crippen LogP contribution in [-0.2, 0) is 14.3 Å². The molecule has 1 saturated heterocycles. The number of rotatable bonds is 7. The fourth-order valence-electron chi connectivity index (χ4n) is 5.05. The first-order valence-electron chi connectivity index (χ1n) is 12.3. The zero-order chi connectivity index (χ0) is 23.3. The summed E-state index contributed by atoms with van der Waals surface area (Å²) in [6.07, 6.45) is 6.35. The van der Waals surface area contributed by atoms with Crippen LogP contribution in [0.25, 0.3) is 0 Å². The van der Waals surface area contributed by atoms with Gasteiger partial charge in [-0.3, -0.25) is 9.59 Å². The highest BCUT2D eigenvalue weighted by atomic mass is 32.1. The molecule has 7 nitrogen and oxygen atoms in total. The summed E-state index contributed by atoms with van der Waals surface area (Å²) in [6, 6.07) is 10.6. The lowest BCUT2D eigenvalue weighted by Gasteiger charge is -2.36. The molecule has 3 atom stereocenters.